The Kier molecular flexibility index (Phi) is 3.72. The molecule has 1 aromatic rings. The summed E-state index contributed by atoms with van der Waals surface area (Å²) in [4.78, 5) is 51.8. The first-order valence-corrected chi connectivity index (χ1v) is 8.93. The lowest BCUT2D eigenvalue weighted by Crippen LogP contribution is -2.72. The second-order valence-electron chi connectivity index (χ2n) is 7.68. The van der Waals surface area contributed by atoms with E-state index in [1.54, 1.807) is 6.07 Å². The molecule has 1 N–H and O–H groups in total. The van der Waals surface area contributed by atoms with Crippen molar-refractivity contribution in [3.63, 3.8) is 0 Å². The van der Waals surface area contributed by atoms with E-state index in [0.717, 1.165) is 17.0 Å². The molecular weight excluding hydrogens is 352 g/mol. The second-order valence-corrected chi connectivity index (χ2v) is 7.68. The third kappa shape index (κ3) is 2.34. The number of carbonyl (C=O) groups excluding carboxylic acids is 3. The molecule has 0 radical (unpaired) electrons. The van der Waals surface area contributed by atoms with E-state index in [0.29, 0.717) is 24.4 Å². The van der Waals surface area contributed by atoms with Crippen LogP contribution in [0.3, 0.4) is 0 Å². The molecule has 3 aliphatic rings. The lowest BCUT2D eigenvalue weighted by Gasteiger charge is -2.54. The van der Waals surface area contributed by atoms with Crippen molar-refractivity contribution in [3.05, 3.63) is 33.9 Å². The summed E-state index contributed by atoms with van der Waals surface area (Å²) in [7, 11) is 1.35. The molecule has 1 spiro atoms. The standard InChI is InChI=1S/C18H20N4O5/c1-10-5-6-21-13-4-3-12(22(26)27)8-11(13)9-18(14(21)7-10)15(23)19-17(25)20(2)16(18)24/h3-4,8,10,14H,5-7,9H2,1-2H3,(H,19,23,25)/t10-,14+,18-/m1/s1. The number of hydrogen-bond donors (Lipinski definition) is 1. The number of carbonyl (C=O) groups is 3. The number of nitro groups is 1. The predicted molar refractivity (Wildman–Crippen MR) is 95.1 cm³/mol. The molecule has 2 fully saturated rings. The van der Waals surface area contributed by atoms with Crippen LogP contribution in [0.1, 0.15) is 25.3 Å². The van der Waals surface area contributed by atoms with Gasteiger partial charge >= 0.3 is 6.03 Å². The Bertz CT molecular complexity index is 885. The Morgan fingerprint density at radius 1 is 1.30 bits per heavy atom. The molecule has 4 amide bonds. The molecule has 2 saturated heterocycles. The molecule has 0 saturated carbocycles. The average molecular weight is 372 g/mol. The number of imide groups is 2. The molecule has 3 aliphatic heterocycles. The summed E-state index contributed by atoms with van der Waals surface area (Å²) in [5.74, 6) is -0.833. The van der Waals surface area contributed by atoms with Crippen molar-refractivity contribution in [1.29, 1.82) is 0 Å². The Morgan fingerprint density at radius 2 is 2.04 bits per heavy atom. The summed E-state index contributed by atoms with van der Waals surface area (Å²) < 4.78 is 0. The van der Waals surface area contributed by atoms with Crippen LogP contribution in [0.2, 0.25) is 0 Å². The molecule has 9 nitrogen and oxygen atoms in total. The molecule has 3 atom stereocenters. The highest BCUT2D eigenvalue weighted by Gasteiger charge is 2.62. The quantitative estimate of drug-likeness (QED) is 0.453. The Labute approximate surface area is 155 Å². The van der Waals surface area contributed by atoms with E-state index in [2.05, 4.69) is 12.2 Å². The van der Waals surface area contributed by atoms with Gasteiger partial charge in [-0.25, -0.2) is 4.79 Å². The van der Waals surface area contributed by atoms with E-state index in [1.807, 2.05) is 4.90 Å². The fourth-order valence-electron chi connectivity index (χ4n) is 4.65. The minimum Gasteiger partial charge on any atom is -0.367 e. The Hall–Kier alpha value is -2.97. The molecule has 27 heavy (non-hydrogen) atoms. The van der Waals surface area contributed by atoms with Crippen LogP contribution >= 0.6 is 0 Å². The third-order valence-corrected chi connectivity index (χ3v) is 6.10. The molecular formula is C18H20N4O5. The minimum absolute atomic E-state index is 0.0419. The number of nitro benzene ring substituents is 1. The van der Waals surface area contributed by atoms with Gasteiger partial charge < -0.3 is 4.90 Å². The van der Waals surface area contributed by atoms with Gasteiger partial charge in [-0.15, -0.1) is 0 Å². The predicted octanol–water partition coefficient (Wildman–Crippen LogP) is 1.45. The monoisotopic (exact) mass is 372 g/mol. The topological polar surface area (TPSA) is 113 Å². The third-order valence-electron chi connectivity index (χ3n) is 6.10. The van der Waals surface area contributed by atoms with Gasteiger partial charge in [-0.2, -0.15) is 0 Å². The van der Waals surface area contributed by atoms with Crippen LogP contribution in [-0.4, -0.2) is 47.3 Å². The fraction of sp³-hybridized carbons (Fsp3) is 0.500. The molecule has 9 heteroatoms. The van der Waals surface area contributed by atoms with E-state index in [4.69, 9.17) is 0 Å². The van der Waals surface area contributed by atoms with E-state index < -0.39 is 34.2 Å². The highest BCUT2D eigenvalue weighted by Crippen LogP contribution is 2.48. The van der Waals surface area contributed by atoms with Crippen molar-refractivity contribution >= 4 is 29.2 Å². The zero-order valence-corrected chi connectivity index (χ0v) is 15.1. The lowest BCUT2D eigenvalue weighted by atomic mass is 9.65. The number of piperidine rings is 1. The van der Waals surface area contributed by atoms with Gasteiger partial charge in [0.1, 0.15) is 0 Å². The number of hydrogen-bond acceptors (Lipinski definition) is 6. The second kappa shape index (κ2) is 5.77. The van der Waals surface area contributed by atoms with Crippen molar-refractivity contribution in [2.45, 2.75) is 32.2 Å². The van der Waals surface area contributed by atoms with E-state index in [-0.39, 0.29) is 12.1 Å². The zero-order valence-electron chi connectivity index (χ0n) is 15.1. The first-order chi connectivity index (χ1) is 12.8. The van der Waals surface area contributed by atoms with Crippen LogP contribution < -0.4 is 10.2 Å². The lowest BCUT2D eigenvalue weighted by molar-refractivity contribution is -0.384. The molecule has 0 aliphatic carbocycles. The number of barbiturate groups is 1. The number of fused-ring (bicyclic) bond motifs is 4. The van der Waals surface area contributed by atoms with Crippen molar-refractivity contribution < 1.29 is 19.3 Å². The van der Waals surface area contributed by atoms with E-state index in [9.17, 15) is 24.5 Å². The number of anilines is 1. The van der Waals surface area contributed by atoms with Crippen LogP contribution in [-0.2, 0) is 16.0 Å². The number of nitrogens with one attached hydrogen (secondary N) is 1. The molecule has 0 unspecified atom stereocenters. The van der Waals surface area contributed by atoms with Gasteiger partial charge in [-0.05, 0) is 30.4 Å². The van der Waals surface area contributed by atoms with E-state index in [1.165, 1.54) is 19.2 Å². The summed E-state index contributed by atoms with van der Waals surface area (Å²) >= 11 is 0. The Balaban J connectivity index is 1.90. The molecule has 0 aromatic heterocycles. The molecule has 142 valence electrons. The summed E-state index contributed by atoms with van der Waals surface area (Å²) in [6, 6.07) is 3.45. The summed E-state index contributed by atoms with van der Waals surface area (Å²) in [6.07, 6.45) is 1.57. The molecule has 3 heterocycles. The van der Waals surface area contributed by atoms with Gasteiger partial charge in [-0.3, -0.25) is 29.9 Å². The van der Waals surface area contributed by atoms with Crippen LogP contribution in [0, 0.1) is 21.4 Å². The number of rotatable bonds is 1. The molecule has 4 rings (SSSR count). The van der Waals surface area contributed by atoms with Gasteiger partial charge in [0, 0.05) is 37.8 Å². The fourth-order valence-corrected chi connectivity index (χ4v) is 4.65. The number of non-ortho nitro benzene ring substituents is 1. The van der Waals surface area contributed by atoms with Crippen molar-refractivity contribution in [2.75, 3.05) is 18.5 Å². The summed E-state index contributed by atoms with van der Waals surface area (Å²) in [5, 5.41) is 13.5. The minimum atomic E-state index is -1.46. The van der Waals surface area contributed by atoms with Crippen LogP contribution in [0.4, 0.5) is 16.2 Å². The normalized spacial score (nSPS) is 30.1. The smallest absolute Gasteiger partial charge is 0.330 e. The maximum atomic E-state index is 13.2. The van der Waals surface area contributed by atoms with Crippen molar-refractivity contribution in [1.82, 2.24) is 10.2 Å². The largest absolute Gasteiger partial charge is 0.367 e. The summed E-state index contributed by atoms with van der Waals surface area (Å²) in [5.41, 5.74) is -0.134. The van der Waals surface area contributed by atoms with Crippen LogP contribution in [0.25, 0.3) is 0 Å². The first-order valence-electron chi connectivity index (χ1n) is 8.93. The summed E-state index contributed by atoms with van der Waals surface area (Å²) in [6.45, 7) is 2.73. The Morgan fingerprint density at radius 3 is 2.74 bits per heavy atom. The number of urea groups is 1. The van der Waals surface area contributed by atoms with Crippen LogP contribution in [0.15, 0.2) is 18.2 Å². The number of nitrogens with zero attached hydrogens (tertiary/aromatic N) is 3. The molecule has 1 aromatic carbocycles. The van der Waals surface area contributed by atoms with Crippen molar-refractivity contribution in [3.8, 4) is 0 Å². The highest BCUT2D eigenvalue weighted by atomic mass is 16.6. The van der Waals surface area contributed by atoms with E-state index >= 15 is 0 Å². The van der Waals surface area contributed by atoms with Crippen LogP contribution in [0.5, 0.6) is 0 Å². The zero-order chi connectivity index (χ0) is 19.5. The number of amides is 4. The van der Waals surface area contributed by atoms with Crippen molar-refractivity contribution in [2.24, 2.45) is 11.3 Å². The van der Waals surface area contributed by atoms with Gasteiger partial charge in [0.15, 0.2) is 5.41 Å². The van der Waals surface area contributed by atoms with Gasteiger partial charge in [-0.1, -0.05) is 6.92 Å². The number of benzene rings is 1. The maximum absolute atomic E-state index is 13.2. The van der Waals surface area contributed by atoms with Gasteiger partial charge in [0.2, 0.25) is 11.8 Å². The SMILES string of the molecule is C[C@@H]1CCN2c3ccc([N+](=O)[O-])cc3C[C@]3(C(=O)NC(=O)N(C)C3=O)[C@@H]2C1. The maximum Gasteiger partial charge on any atom is 0.330 e. The van der Waals surface area contributed by atoms with Gasteiger partial charge in [0.25, 0.3) is 5.69 Å². The highest BCUT2D eigenvalue weighted by molar-refractivity contribution is 6.20. The van der Waals surface area contributed by atoms with Gasteiger partial charge in [0.05, 0.1) is 11.0 Å². The average Bonchev–Trinajstić information content (AvgIpc) is 2.64. The molecule has 0 bridgehead atoms. The first kappa shape index (κ1) is 17.4.